The summed E-state index contributed by atoms with van der Waals surface area (Å²) in [6, 6.07) is 12.1. The van der Waals surface area contributed by atoms with Gasteiger partial charge in [-0.25, -0.2) is 4.39 Å². The first-order valence-electron chi connectivity index (χ1n) is 6.02. The second kappa shape index (κ2) is 6.37. The highest BCUT2D eigenvalue weighted by Gasteiger charge is 2.18. The molecule has 0 aliphatic carbocycles. The summed E-state index contributed by atoms with van der Waals surface area (Å²) in [4.78, 5) is 11.6. The molecule has 6 heteroatoms. The number of hydrogen-bond donors (Lipinski definition) is 2. The zero-order valence-electron chi connectivity index (χ0n) is 10.8. The first kappa shape index (κ1) is 15.0. The summed E-state index contributed by atoms with van der Waals surface area (Å²) in [6.07, 6.45) is 0. The molecule has 1 atom stereocenters. The standard InChI is InChI=1S/C15H11BrFN3O/c16-12-6-5-11(7-13(12)17)20-14(15(19)21)10-3-1-9(8-18)2-4-10/h1-7,14,20H,(H2,19,21)/t14-/m1/s1. The molecule has 2 rings (SSSR count). The third kappa shape index (κ3) is 3.58. The largest absolute Gasteiger partial charge is 0.370 e. The number of nitriles is 1. The lowest BCUT2D eigenvalue weighted by molar-refractivity contribution is -0.118. The molecule has 4 nitrogen and oxygen atoms in total. The lowest BCUT2D eigenvalue weighted by Crippen LogP contribution is -2.27. The van der Waals surface area contributed by atoms with Gasteiger partial charge in [-0.15, -0.1) is 0 Å². The van der Waals surface area contributed by atoms with Gasteiger partial charge in [0.1, 0.15) is 11.9 Å². The van der Waals surface area contributed by atoms with Crippen molar-refractivity contribution in [2.24, 2.45) is 5.73 Å². The number of anilines is 1. The highest BCUT2D eigenvalue weighted by atomic mass is 79.9. The number of carbonyl (C=O) groups excluding carboxylic acids is 1. The second-order valence-electron chi connectivity index (χ2n) is 4.34. The van der Waals surface area contributed by atoms with Crippen molar-refractivity contribution >= 4 is 27.5 Å². The quantitative estimate of drug-likeness (QED) is 0.891. The van der Waals surface area contributed by atoms with Gasteiger partial charge in [-0.05, 0) is 51.8 Å². The first-order chi connectivity index (χ1) is 10.0. The molecule has 21 heavy (non-hydrogen) atoms. The topological polar surface area (TPSA) is 78.9 Å². The van der Waals surface area contributed by atoms with Gasteiger partial charge in [0.25, 0.3) is 0 Å². The molecule has 0 aliphatic heterocycles. The Morgan fingerprint density at radius 1 is 1.29 bits per heavy atom. The zero-order chi connectivity index (χ0) is 15.4. The maximum Gasteiger partial charge on any atom is 0.244 e. The summed E-state index contributed by atoms with van der Waals surface area (Å²) in [5, 5.41) is 11.6. The SMILES string of the molecule is N#Cc1ccc([C@@H](Nc2ccc(Br)c(F)c2)C(N)=O)cc1. The molecule has 0 saturated carbocycles. The van der Waals surface area contributed by atoms with Crippen LogP contribution in [0.15, 0.2) is 46.9 Å². The molecule has 1 amide bonds. The van der Waals surface area contributed by atoms with Crippen LogP contribution in [0.2, 0.25) is 0 Å². The normalized spacial score (nSPS) is 11.5. The molecular formula is C15H11BrFN3O. The molecule has 0 heterocycles. The molecular weight excluding hydrogens is 337 g/mol. The van der Waals surface area contributed by atoms with E-state index >= 15 is 0 Å². The van der Waals surface area contributed by atoms with Gasteiger partial charge >= 0.3 is 0 Å². The minimum Gasteiger partial charge on any atom is -0.370 e. The average Bonchev–Trinajstić information content (AvgIpc) is 2.48. The number of rotatable bonds is 4. The summed E-state index contributed by atoms with van der Waals surface area (Å²) >= 11 is 3.06. The minimum absolute atomic E-state index is 0.335. The Balaban J connectivity index is 2.28. The average molecular weight is 348 g/mol. The van der Waals surface area contributed by atoms with Crippen LogP contribution in [0, 0.1) is 17.1 Å². The van der Waals surface area contributed by atoms with Crippen molar-refractivity contribution in [1.82, 2.24) is 0 Å². The third-order valence-corrected chi connectivity index (χ3v) is 3.53. The van der Waals surface area contributed by atoms with Crippen LogP contribution in [0.25, 0.3) is 0 Å². The lowest BCUT2D eigenvalue weighted by Gasteiger charge is -2.17. The van der Waals surface area contributed by atoms with E-state index in [-0.39, 0.29) is 0 Å². The molecule has 0 radical (unpaired) electrons. The van der Waals surface area contributed by atoms with Crippen molar-refractivity contribution in [3.05, 3.63) is 63.9 Å². The highest BCUT2D eigenvalue weighted by molar-refractivity contribution is 9.10. The van der Waals surface area contributed by atoms with E-state index in [0.717, 1.165) is 0 Å². The number of benzene rings is 2. The van der Waals surface area contributed by atoms with E-state index in [2.05, 4.69) is 21.2 Å². The number of primary amides is 1. The van der Waals surface area contributed by atoms with Crippen molar-refractivity contribution in [3.8, 4) is 6.07 Å². The predicted molar refractivity (Wildman–Crippen MR) is 80.8 cm³/mol. The number of halogens is 2. The Morgan fingerprint density at radius 3 is 2.48 bits per heavy atom. The fourth-order valence-corrected chi connectivity index (χ4v) is 2.07. The number of hydrogen-bond acceptors (Lipinski definition) is 3. The van der Waals surface area contributed by atoms with Gasteiger partial charge in [0, 0.05) is 5.69 Å². The molecule has 0 spiro atoms. The maximum absolute atomic E-state index is 13.5. The number of nitrogens with two attached hydrogens (primary N) is 1. The Bertz CT molecular complexity index is 710. The van der Waals surface area contributed by atoms with Gasteiger partial charge in [-0.3, -0.25) is 4.79 Å². The zero-order valence-corrected chi connectivity index (χ0v) is 12.4. The summed E-state index contributed by atoms with van der Waals surface area (Å²) in [5.41, 5.74) is 6.90. The van der Waals surface area contributed by atoms with Gasteiger partial charge in [-0.1, -0.05) is 12.1 Å². The molecule has 0 aliphatic rings. The van der Waals surface area contributed by atoms with Crippen LogP contribution in [0.1, 0.15) is 17.2 Å². The predicted octanol–water partition coefficient (Wildman–Crippen LogP) is 3.10. The fraction of sp³-hybridized carbons (Fsp3) is 0.0667. The first-order valence-corrected chi connectivity index (χ1v) is 6.81. The van der Waals surface area contributed by atoms with Crippen LogP contribution in [-0.2, 0) is 4.79 Å². The maximum atomic E-state index is 13.5. The van der Waals surface area contributed by atoms with Gasteiger partial charge in [0.15, 0.2) is 0 Å². The van der Waals surface area contributed by atoms with Crippen molar-refractivity contribution in [3.63, 3.8) is 0 Å². The van der Waals surface area contributed by atoms with E-state index < -0.39 is 17.8 Å². The number of amides is 1. The van der Waals surface area contributed by atoms with Crippen LogP contribution >= 0.6 is 15.9 Å². The molecule has 0 saturated heterocycles. The van der Waals surface area contributed by atoms with Gasteiger partial charge in [-0.2, -0.15) is 5.26 Å². The Hall–Kier alpha value is -2.39. The monoisotopic (exact) mass is 347 g/mol. The molecule has 0 aromatic heterocycles. The molecule has 2 aromatic rings. The summed E-state index contributed by atoms with van der Waals surface area (Å²) in [6.45, 7) is 0. The summed E-state index contributed by atoms with van der Waals surface area (Å²) in [5.74, 6) is -1.04. The van der Waals surface area contributed by atoms with Gasteiger partial charge in [0.05, 0.1) is 16.1 Å². The van der Waals surface area contributed by atoms with Crippen LogP contribution < -0.4 is 11.1 Å². The van der Waals surface area contributed by atoms with E-state index in [1.807, 2.05) is 6.07 Å². The Morgan fingerprint density at radius 2 is 1.95 bits per heavy atom. The van der Waals surface area contributed by atoms with Crippen LogP contribution in [0.4, 0.5) is 10.1 Å². The second-order valence-corrected chi connectivity index (χ2v) is 5.20. The van der Waals surface area contributed by atoms with E-state index in [1.165, 1.54) is 12.1 Å². The van der Waals surface area contributed by atoms with E-state index in [9.17, 15) is 9.18 Å². The Labute approximate surface area is 129 Å². The highest BCUT2D eigenvalue weighted by Crippen LogP contribution is 2.24. The van der Waals surface area contributed by atoms with Gasteiger partial charge in [0.2, 0.25) is 5.91 Å². The third-order valence-electron chi connectivity index (χ3n) is 2.89. The number of nitrogens with zero attached hydrogens (tertiary/aromatic N) is 1. The molecule has 0 bridgehead atoms. The number of carbonyl (C=O) groups is 1. The van der Waals surface area contributed by atoms with Crippen LogP contribution in [-0.4, -0.2) is 5.91 Å². The minimum atomic E-state index is -0.807. The van der Waals surface area contributed by atoms with Gasteiger partial charge < -0.3 is 11.1 Å². The van der Waals surface area contributed by atoms with E-state index in [4.69, 9.17) is 11.0 Å². The van der Waals surface area contributed by atoms with Crippen LogP contribution in [0.3, 0.4) is 0 Å². The van der Waals surface area contributed by atoms with E-state index in [0.29, 0.717) is 21.3 Å². The van der Waals surface area contributed by atoms with Crippen molar-refractivity contribution in [2.45, 2.75) is 6.04 Å². The fourth-order valence-electron chi connectivity index (χ4n) is 1.82. The van der Waals surface area contributed by atoms with E-state index in [1.54, 1.807) is 30.3 Å². The Kier molecular flexibility index (Phi) is 4.55. The van der Waals surface area contributed by atoms with Crippen molar-refractivity contribution in [2.75, 3.05) is 5.32 Å². The summed E-state index contributed by atoms with van der Waals surface area (Å²) < 4.78 is 13.8. The molecule has 106 valence electrons. The lowest BCUT2D eigenvalue weighted by atomic mass is 10.0. The molecule has 3 N–H and O–H groups in total. The summed E-state index contributed by atoms with van der Waals surface area (Å²) in [7, 11) is 0. The smallest absolute Gasteiger partial charge is 0.244 e. The molecule has 0 fully saturated rings. The number of nitrogens with one attached hydrogen (secondary N) is 1. The van der Waals surface area contributed by atoms with Crippen molar-refractivity contribution in [1.29, 1.82) is 5.26 Å². The molecule has 2 aromatic carbocycles. The molecule has 0 unspecified atom stereocenters. The van der Waals surface area contributed by atoms with Crippen LogP contribution in [0.5, 0.6) is 0 Å². The van der Waals surface area contributed by atoms with Crippen molar-refractivity contribution < 1.29 is 9.18 Å².